The highest BCUT2D eigenvalue weighted by Gasteiger charge is 2.27. The number of hydrogen-bond acceptors (Lipinski definition) is 4. The standard InChI is InChI=1S/C21H24Br4O4/c1-21(2,13-9-15(22)19(16(23)10-13)28-6-4-5-26)14-11-17(24)20(18(25)12-14)29-8-7-27-3/h9-12,26H,4-8H2,1-3H3. The normalized spacial score (nSPS) is 11.6. The minimum absolute atomic E-state index is 0.106. The van der Waals surface area contributed by atoms with Crippen LogP contribution in [0.5, 0.6) is 11.5 Å². The van der Waals surface area contributed by atoms with E-state index in [1.807, 2.05) is 0 Å². The molecule has 0 spiro atoms. The molecule has 0 atom stereocenters. The molecule has 0 heterocycles. The number of halogens is 4. The lowest BCUT2D eigenvalue weighted by Gasteiger charge is -2.28. The number of benzene rings is 2. The summed E-state index contributed by atoms with van der Waals surface area (Å²) in [5, 5.41) is 8.96. The van der Waals surface area contributed by atoms with E-state index in [1.165, 1.54) is 0 Å². The van der Waals surface area contributed by atoms with Crippen molar-refractivity contribution in [3.63, 3.8) is 0 Å². The van der Waals surface area contributed by atoms with E-state index in [0.29, 0.717) is 26.2 Å². The van der Waals surface area contributed by atoms with Gasteiger partial charge in [0, 0.05) is 25.6 Å². The molecule has 2 aromatic rings. The van der Waals surface area contributed by atoms with E-state index in [0.717, 1.165) is 40.5 Å². The van der Waals surface area contributed by atoms with Gasteiger partial charge in [-0.15, -0.1) is 0 Å². The fraction of sp³-hybridized carbons (Fsp3) is 0.429. The largest absolute Gasteiger partial charge is 0.491 e. The lowest BCUT2D eigenvalue weighted by atomic mass is 9.78. The first-order valence-corrected chi connectivity index (χ1v) is 12.2. The molecule has 0 unspecified atom stereocenters. The number of aliphatic hydroxyl groups excluding tert-OH is 1. The highest BCUT2D eigenvalue weighted by Crippen LogP contribution is 2.44. The summed E-state index contributed by atoms with van der Waals surface area (Å²) in [4.78, 5) is 0. The van der Waals surface area contributed by atoms with Crippen LogP contribution in [-0.2, 0) is 10.2 Å². The molecule has 2 aromatic carbocycles. The Morgan fingerprint density at radius 3 is 1.55 bits per heavy atom. The van der Waals surface area contributed by atoms with Gasteiger partial charge in [0.15, 0.2) is 0 Å². The van der Waals surface area contributed by atoms with Crippen LogP contribution < -0.4 is 9.47 Å². The van der Waals surface area contributed by atoms with Gasteiger partial charge in [-0.2, -0.15) is 0 Å². The Morgan fingerprint density at radius 1 is 0.759 bits per heavy atom. The van der Waals surface area contributed by atoms with Crippen molar-refractivity contribution in [1.29, 1.82) is 0 Å². The molecule has 0 aliphatic heterocycles. The Bertz CT molecular complexity index is 726. The summed E-state index contributed by atoms with van der Waals surface area (Å²) < 4.78 is 20.2. The van der Waals surface area contributed by atoms with Gasteiger partial charge >= 0.3 is 0 Å². The third-order valence-corrected chi connectivity index (χ3v) is 6.88. The number of ether oxygens (including phenoxy) is 3. The second kappa shape index (κ2) is 11.5. The molecule has 1 N–H and O–H groups in total. The third kappa shape index (κ3) is 6.43. The van der Waals surface area contributed by atoms with Crippen molar-refractivity contribution in [2.45, 2.75) is 25.7 Å². The first kappa shape index (κ1) is 25.1. The molecular weight excluding hydrogens is 636 g/mol. The fourth-order valence-corrected chi connectivity index (χ4v) is 5.58. The molecule has 0 radical (unpaired) electrons. The number of aliphatic hydroxyl groups is 1. The van der Waals surface area contributed by atoms with Crippen molar-refractivity contribution in [2.24, 2.45) is 0 Å². The van der Waals surface area contributed by atoms with Crippen LogP contribution in [0.15, 0.2) is 42.2 Å². The van der Waals surface area contributed by atoms with Gasteiger partial charge in [0.25, 0.3) is 0 Å². The van der Waals surface area contributed by atoms with Crippen molar-refractivity contribution in [3.05, 3.63) is 53.3 Å². The van der Waals surface area contributed by atoms with Crippen LogP contribution in [0.3, 0.4) is 0 Å². The van der Waals surface area contributed by atoms with E-state index in [4.69, 9.17) is 19.3 Å². The van der Waals surface area contributed by atoms with Gasteiger partial charge in [-0.1, -0.05) is 13.8 Å². The van der Waals surface area contributed by atoms with Crippen molar-refractivity contribution < 1.29 is 19.3 Å². The molecule has 160 valence electrons. The number of hydrogen-bond donors (Lipinski definition) is 1. The molecule has 0 aromatic heterocycles. The molecule has 0 aliphatic carbocycles. The molecule has 29 heavy (non-hydrogen) atoms. The summed E-state index contributed by atoms with van der Waals surface area (Å²) in [6.45, 7) is 5.92. The molecule has 0 saturated heterocycles. The number of methoxy groups -OCH3 is 1. The Hall–Kier alpha value is -0.120. The summed E-state index contributed by atoms with van der Waals surface area (Å²) >= 11 is 14.5. The Kier molecular flexibility index (Phi) is 9.96. The van der Waals surface area contributed by atoms with Gasteiger partial charge in [0.2, 0.25) is 0 Å². The maximum absolute atomic E-state index is 8.96. The maximum Gasteiger partial charge on any atom is 0.147 e. The van der Waals surface area contributed by atoms with Gasteiger partial charge < -0.3 is 19.3 Å². The third-order valence-electron chi connectivity index (χ3n) is 4.52. The van der Waals surface area contributed by atoms with Crippen molar-refractivity contribution in [2.75, 3.05) is 33.5 Å². The zero-order valence-electron chi connectivity index (χ0n) is 16.5. The molecule has 0 amide bonds. The van der Waals surface area contributed by atoms with E-state index in [-0.39, 0.29) is 12.0 Å². The van der Waals surface area contributed by atoms with E-state index in [1.54, 1.807) is 7.11 Å². The Morgan fingerprint density at radius 2 is 1.17 bits per heavy atom. The summed E-state index contributed by atoms with van der Waals surface area (Å²) in [7, 11) is 1.65. The van der Waals surface area contributed by atoms with Gasteiger partial charge in [-0.3, -0.25) is 0 Å². The predicted molar refractivity (Wildman–Crippen MR) is 130 cm³/mol. The van der Waals surface area contributed by atoms with Crippen LogP contribution in [-0.4, -0.2) is 38.6 Å². The molecule has 0 fully saturated rings. The monoisotopic (exact) mass is 656 g/mol. The lowest BCUT2D eigenvalue weighted by molar-refractivity contribution is 0.145. The molecule has 2 rings (SSSR count). The summed E-state index contributed by atoms with van der Waals surface area (Å²) in [6.07, 6.45) is 0.590. The zero-order valence-corrected chi connectivity index (χ0v) is 22.9. The van der Waals surface area contributed by atoms with Crippen molar-refractivity contribution in [1.82, 2.24) is 0 Å². The van der Waals surface area contributed by atoms with Gasteiger partial charge in [-0.05, 0) is 99.1 Å². The Balaban J connectivity index is 2.34. The van der Waals surface area contributed by atoms with Crippen LogP contribution in [0.1, 0.15) is 31.4 Å². The van der Waals surface area contributed by atoms with Crippen molar-refractivity contribution in [3.8, 4) is 11.5 Å². The molecule has 4 nitrogen and oxygen atoms in total. The topological polar surface area (TPSA) is 47.9 Å². The quantitative estimate of drug-likeness (QED) is 0.284. The van der Waals surface area contributed by atoms with Gasteiger partial charge in [0.1, 0.15) is 18.1 Å². The molecule has 0 bridgehead atoms. The predicted octanol–water partition coefficient (Wildman–Crippen LogP) is 6.85. The smallest absolute Gasteiger partial charge is 0.147 e. The van der Waals surface area contributed by atoms with Gasteiger partial charge in [0.05, 0.1) is 31.1 Å². The zero-order chi connectivity index (χ0) is 21.6. The minimum atomic E-state index is -0.273. The van der Waals surface area contributed by atoms with Crippen LogP contribution in [0.25, 0.3) is 0 Å². The minimum Gasteiger partial charge on any atom is -0.491 e. The average molecular weight is 660 g/mol. The fourth-order valence-electron chi connectivity index (χ4n) is 2.75. The molecular formula is C21H24Br4O4. The summed E-state index contributed by atoms with van der Waals surface area (Å²) in [5.74, 6) is 1.50. The van der Waals surface area contributed by atoms with Gasteiger partial charge in [-0.25, -0.2) is 0 Å². The van der Waals surface area contributed by atoms with E-state index >= 15 is 0 Å². The van der Waals surface area contributed by atoms with E-state index < -0.39 is 0 Å². The summed E-state index contributed by atoms with van der Waals surface area (Å²) in [6, 6.07) is 8.31. The van der Waals surface area contributed by atoms with E-state index in [9.17, 15) is 0 Å². The van der Waals surface area contributed by atoms with E-state index in [2.05, 4.69) is 102 Å². The maximum atomic E-state index is 8.96. The second-order valence-electron chi connectivity index (χ2n) is 6.93. The molecule has 0 aliphatic rings. The summed E-state index contributed by atoms with van der Waals surface area (Å²) in [5.41, 5.74) is 1.98. The highest BCUT2D eigenvalue weighted by molar-refractivity contribution is 9.11. The molecule has 8 heteroatoms. The Labute approximate surface area is 205 Å². The average Bonchev–Trinajstić information content (AvgIpc) is 2.65. The SMILES string of the molecule is COCCOc1c(Br)cc(C(C)(C)c2cc(Br)c(OCCCO)c(Br)c2)cc1Br. The second-order valence-corrected chi connectivity index (χ2v) is 10.3. The van der Waals surface area contributed by atoms with Crippen molar-refractivity contribution >= 4 is 63.7 Å². The highest BCUT2D eigenvalue weighted by atomic mass is 79.9. The van der Waals surface area contributed by atoms with Crippen LogP contribution in [0.2, 0.25) is 0 Å². The number of rotatable bonds is 10. The van der Waals surface area contributed by atoms with Crippen LogP contribution in [0, 0.1) is 0 Å². The molecule has 0 saturated carbocycles. The first-order chi connectivity index (χ1) is 13.7. The first-order valence-electron chi connectivity index (χ1n) is 9.06. The lowest BCUT2D eigenvalue weighted by Crippen LogP contribution is -2.19. The van der Waals surface area contributed by atoms with Crippen LogP contribution in [0.4, 0.5) is 0 Å². The van der Waals surface area contributed by atoms with Crippen LogP contribution >= 0.6 is 63.7 Å².